The van der Waals surface area contributed by atoms with Crippen molar-refractivity contribution in [3.05, 3.63) is 101 Å². The first kappa shape index (κ1) is 19.0. The Hall–Kier alpha value is -3.37. The van der Waals surface area contributed by atoms with Crippen molar-refractivity contribution in [1.82, 2.24) is 10.3 Å². The van der Waals surface area contributed by atoms with Gasteiger partial charge in [-0.15, -0.1) is 0 Å². The van der Waals surface area contributed by atoms with E-state index in [1.807, 2.05) is 49.4 Å². The molecular formula is C24H20ClN3O. The van der Waals surface area contributed by atoms with E-state index in [0.29, 0.717) is 10.6 Å². The molecule has 0 saturated carbocycles. The lowest BCUT2D eigenvalue weighted by molar-refractivity contribution is 0.0940. The van der Waals surface area contributed by atoms with E-state index >= 15 is 0 Å². The second-order valence-corrected chi connectivity index (χ2v) is 7.23. The Morgan fingerprint density at radius 1 is 0.931 bits per heavy atom. The van der Waals surface area contributed by atoms with Crippen LogP contribution in [0.2, 0.25) is 5.02 Å². The number of nitrogens with one attached hydrogen (secondary N) is 2. The van der Waals surface area contributed by atoms with Gasteiger partial charge in [0.05, 0.1) is 16.6 Å². The van der Waals surface area contributed by atoms with Crippen molar-refractivity contribution in [1.29, 1.82) is 0 Å². The van der Waals surface area contributed by atoms with Crippen LogP contribution in [0.3, 0.4) is 0 Å². The minimum absolute atomic E-state index is 0.165. The molecule has 1 heterocycles. The standard InChI is InChI=1S/C24H20ClN3O/c1-16(20-8-4-6-17-5-2-3-7-21(17)20)27-24(29)22-15-19(9-10-23(22)25)28-18-11-13-26-14-12-18/h2-16H,1H3,(H,26,28)(H,27,29)/t16-/m1/s1. The number of amides is 1. The van der Waals surface area contributed by atoms with Crippen LogP contribution in [0.4, 0.5) is 11.4 Å². The number of rotatable bonds is 5. The summed E-state index contributed by atoms with van der Waals surface area (Å²) in [6.45, 7) is 1.98. The molecule has 144 valence electrons. The maximum atomic E-state index is 13.0. The third-order valence-corrected chi connectivity index (χ3v) is 5.15. The van der Waals surface area contributed by atoms with Crippen LogP contribution >= 0.6 is 11.6 Å². The predicted octanol–water partition coefficient (Wildman–Crippen LogP) is 6.12. The number of anilines is 2. The molecule has 0 fully saturated rings. The number of hydrogen-bond acceptors (Lipinski definition) is 3. The molecule has 2 N–H and O–H groups in total. The molecule has 0 spiro atoms. The van der Waals surface area contributed by atoms with Crippen LogP contribution in [0.5, 0.6) is 0 Å². The summed E-state index contributed by atoms with van der Waals surface area (Å²) < 4.78 is 0. The van der Waals surface area contributed by atoms with Crippen LogP contribution in [0.1, 0.15) is 28.9 Å². The molecule has 4 nitrogen and oxygen atoms in total. The van der Waals surface area contributed by atoms with Crippen molar-refractivity contribution in [3.63, 3.8) is 0 Å². The van der Waals surface area contributed by atoms with Crippen LogP contribution in [-0.2, 0) is 0 Å². The van der Waals surface area contributed by atoms with Gasteiger partial charge in [0.2, 0.25) is 0 Å². The molecule has 1 amide bonds. The zero-order chi connectivity index (χ0) is 20.2. The van der Waals surface area contributed by atoms with Gasteiger partial charge in [-0.05, 0) is 53.6 Å². The topological polar surface area (TPSA) is 54.0 Å². The second kappa shape index (κ2) is 8.33. The van der Waals surface area contributed by atoms with Gasteiger partial charge < -0.3 is 10.6 Å². The first-order chi connectivity index (χ1) is 14.1. The Balaban J connectivity index is 1.57. The maximum Gasteiger partial charge on any atom is 0.253 e. The van der Waals surface area contributed by atoms with Crippen molar-refractivity contribution in [2.24, 2.45) is 0 Å². The molecule has 0 aliphatic heterocycles. The van der Waals surface area contributed by atoms with Gasteiger partial charge in [-0.3, -0.25) is 9.78 Å². The van der Waals surface area contributed by atoms with Crippen molar-refractivity contribution in [2.75, 3.05) is 5.32 Å². The van der Waals surface area contributed by atoms with E-state index in [0.717, 1.165) is 27.7 Å². The number of benzene rings is 3. The fraction of sp³-hybridized carbons (Fsp3) is 0.0833. The highest BCUT2D eigenvalue weighted by Gasteiger charge is 2.16. The molecule has 0 aliphatic carbocycles. The Labute approximate surface area is 174 Å². The van der Waals surface area contributed by atoms with E-state index in [4.69, 9.17) is 11.6 Å². The van der Waals surface area contributed by atoms with Crippen molar-refractivity contribution in [2.45, 2.75) is 13.0 Å². The van der Waals surface area contributed by atoms with E-state index in [2.05, 4.69) is 33.8 Å². The number of hydrogen-bond donors (Lipinski definition) is 2. The summed E-state index contributed by atoms with van der Waals surface area (Å²) in [4.78, 5) is 17.0. The summed E-state index contributed by atoms with van der Waals surface area (Å²) in [6.07, 6.45) is 3.41. The number of fused-ring (bicyclic) bond motifs is 1. The van der Waals surface area contributed by atoms with Gasteiger partial charge in [-0.2, -0.15) is 0 Å². The second-order valence-electron chi connectivity index (χ2n) is 6.82. The number of halogens is 1. The zero-order valence-corrected chi connectivity index (χ0v) is 16.6. The van der Waals surface area contributed by atoms with Crippen LogP contribution in [0.15, 0.2) is 85.2 Å². The molecule has 1 atom stereocenters. The average molecular weight is 402 g/mol. The van der Waals surface area contributed by atoms with E-state index in [-0.39, 0.29) is 11.9 Å². The lowest BCUT2D eigenvalue weighted by Gasteiger charge is -2.18. The first-order valence-electron chi connectivity index (χ1n) is 9.37. The smallest absolute Gasteiger partial charge is 0.253 e. The molecule has 3 aromatic carbocycles. The molecule has 0 saturated heterocycles. The maximum absolute atomic E-state index is 13.0. The molecule has 0 radical (unpaired) electrons. The highest BCUT2D eigenvalue weighted by Crippen LogP contribution is 2.26. The quantitative estimate of drug-likeness (QED) is 0.423. The zero-order valence-electron chi connectivity index (χ0n) is 15.9. The van der Waals surface area contributed by atoms with Gasteiger partial charge in [0, 0.05) is 23.8 Å². The Bertz CT molecular complexity index is 1160. The van der Waals surface area contributed by atoms with Crippen molar-refractivity contribution < 1.29 is 4.79 Å². The van der Waals surface area contributed by atoms with Gasteiger partial charge in [0.15, 0.2) is 0 Å². The Kier molecular flexibility index (Phi) is 5.45. The normalized spacial score (nSPS) is 11.8. The van der Waals surface area contributed by atoms with Gasteiger partial charge in [-0.1, -0.05) is 54.1 Å². The number of carbonyl (C=O) groups excluding carboxylic acids is 1. The minimum atomic E-state index is -0.214. The van der Waals surface area contributed by atoms with Crippen molar-refractivity contribution >= 4 is 39.7 Å². The van der Waals surface area contributed by atoms with E-state index in [1.165, 1.54) is 0 Å². The van der Waals surface area contributed by atoms with Crippen LogP contribution in [0, 0.1) is 0 Å². The summed E-state index contributed by atoms with van der Waals surface area (Å²) in [5.74, 6) is -0.214. The number of aromatic nitrogens is 1. The summed E-state index contributed by atoms with van der Waals surface area (Å²) in [5, 5.41) is 9.02. The van der Waals surface area contributed by atoms with Crippen LogP contribution in [0.25, 0.3) is 10.8 Å². The summed E-state index contributed by atoms with van der Waals surface area (Å²) in [7, 11) is 0. The molecule has 1 aromatic heterocycles. The summed E-state index contributed by atoms with van der Waals surface area (Å²) in [6, 6.07) is 23.1. The average Bonchev–Trinajstić information content (AvgIpc) is 2.75. The lowest BCUT2D eigenvalue weighted by atomic mass is 9.99. The monoisotopic (exact) mass is 401 g/mol. The van der Waals surface area contributed by atoms with Gasteiger partial charge >= 0.3 is 0 Å². The first-order valence-corrected chi connectivity index (χ1v) is 9.75. The molecule has 5 heteroatoms. The lowest BCUT2D eigenvalue weighted by Crippen LogP contribution is -2.27. The third-order valence-electron chi connectivity index (χ3n) is 4.82. The third kappa shape index (κ3) is 4.23. The molecule has 0 unspecified atom stereocenters. The van der Waals surface area contributed by atoms with Crippen LogP contribution in [-0.4, -0.2) is 10.9 Å². The molecular weight excluding hydrogens is 382 g/mol. The SMILES string of the molecule is C[C@@H](NC(=O)c1cc(Nc2ccncc2)ccc1Cl)c1cccc2ccccc12. The van der Waals surface area contributed by atoms with Gasteiger partial charge in [-0.25, -0.2) is 0 Å². The molecule has 29 heavy (non-hydrogen) atoms. The summed E-state index contributed by atoms with van der Waals surface area (Å²) >= 11 is 6.32. The van der Waals surface area contributed by atoms with E-state index in [1.54, 1.807) is 24.5 Å². The fourth-order valence-corrected chi connectivity index (χ4v) is 3.56. The Morgan fingerprint density at radius 3 is 2.52 bits per heavy atom. The largest absolute Gasteiger partial charge is 0.355 e. The van der Waals surface area contributed by atoms with E-state index < -0.39 is 0 Å². The fourth-order valence-electron chi connectivity index (χ4n) is 3.36. The van der Waals surface area contributed by atoms with Crippen LogP contribution < -0.4 is 10.6 Å². The molecule has 4 rings (SSSR count). The highest BCUT2D eigenvalue weighted by molar-refractivity contribution is 6.34. The molecule has 0 bridgehead atoms. The highest BCUT2D eigenvalue weighted by atomic mass is 35.5. The summed E-state index contributed by atoms with van der Waals surface area (Å²) in [5.41, 5.74) is 3.16. The minimum Gasteiger partial charge on any atom is -0.355 e. The molecule has 0 aliphatic rings. The number of pyridine rings is 1. The van der Waals surface area contributed by atoms with Crippen molar-refractivity contribution in [3.8, 4) is 0 Å². The Morgan fingerprint density at radius 2 is 1.69 bits per heavy atom. The molecule has 4 aromatic rings. The number of nitrogens with zero attached hydrogens (tertiary/aromatic N) is 1. The van der Waals surface area contributed by atoms with Gasteiger partial charge in [0.25, 0.3) is 5.91 Å². The van der Waals surface area contributed by atoms with Gasteiger partial charge in [0.1, 0.15) is 0 Å². The van der Waals surface area contributed by atoms with E-state index in [9.17, 15) is 4.79 Å². The number of carbonyl (C=O) groups is 1. The predicted molar refractivity (Wildman–Crippen MR) is 119 cm³/mol.